The predicted molar refractivity (Wildman–Crippen MR) is 85.2 cm³/mol. The van der Waals surface area contributed by atoms with Crippen LogP contribution in [0.25, 0.3) is 0 Å². The van der Waals surface area contributed by atoms with E-state index in [1.807, 2.05) is 6.92 Å². The van der Waals surface area contributed by atoms with Crippen molar-refractivity contribution in [3.63, 3.8) is 0 Å². The Kier molecular flexibility index (Phi) is 5.79. The van der Waals surface area contributed by atoms with E-state index in [4.69, 9.17) is 0 Å². The molecule has 0 radical (unpaired) electrons. The van der Waals surface area contributed by atoms with Gasteiger partial charge in [-0.25, -0.2) is 0 Å². The molecule has 0 aliphatic heterocycles. The molecule has 0 saturated carbocycles. The molecule has 0 fully saturated rings. The number of benzene rings is 1. The molecule has 2 nitrogen and oxygen atoms in total. The van der Waals surface area contributed by atoms with Gasteiger partial charge in [-0.15, -0.1) is 0 Å². The Morgan fingerprint density at radius 1 is 1.00 bits per heavy atom. The van der Waals surface area contributed by atoms with Gasteiger partial charge in [0.1, 0.15) is 0 Å². The first-order chi connectivity index (χ1) is 9.46. The summed E-state index contributed by atoms with van der Waals surface area (Å²) in [5.74, 6) is 0.415. The third kappa shape index (κ3) is 4.92. The van der Waals surface area contributed by atoms with E-state index in [2.05, 4.69) is 53.7 Å². The molecule has 0 aromatic heterocycles. The minimum atomic E-state index is -1.08. The average Bonchev–Trinajstić information content (AvgIpc) is 2.34. The number of aromatic hydroxyl groups is 1. The summed E-state index contributed by atoms with van der Waals surface area (Å²) in [6.45, 7) is 14.7. The summed E-state index contributed by atoms with van der Waals surface area (Å²) >= 11 is -1.08. The van der Waals surface area contributed by atoms with Gasteiger partial charge in [0.25, 0.3) is 0 Å². The van der Waals surface area contributed by atoms with Crippen LogP contribution < -0.4 is 0 Å². The number of aryl methyl sites for hydroxylation is 1. The summed E-state index contributed by atoms with van der Waals surface area (Å²) < 4.78 is 11.7. The van der Waals surface area contributed by atoms with Crippen LogP contribution in [0.3, 0.4) is 0 Å². The standard InChI is InChI=1S/C16H25O.C2H5.Co.O/c1-8-11-9-12(15(2,3)4)14(17)13(10-11)16(5,6)7;1-2;;/h9-10,17H,1,8H2,2-7H3;1H2,2H3;;. The molecule has 0 heterocycles. The minimum absolute atomic E-state index is 0.104. The van der Waals surface area contributed by atoms with E-state index in [0.29, 0.717) is 5.75 Å². The van der Waals surface area contributed by atoms with Crippen LogP contribution in [0, 0.1) is 0 Å². The second-order valence-electron chi connectivity index (χ2n) is 7.55. The molecule has 0 spiro atoms. The van der Waals surface area contributed by atoms with E-state index in [1.165, 1.54) is 5.56 Å². The molecule has 1 rings (SSSR count). The van der Waals surface area contributed by atoms with Crippen LogP contribution in [0.4, 0.5) is 0 Å². The second-order valence-corrected chi connectivity index (χ2v) is 9.93. The van der Waals surface area contributed by atoms with Gasteiger partial charge in [-0.1, -0.05) is 0 Å². The van der Waals surface area contributed by atoms with Gasteiger partial charge in [-0.3, -0.25) is 0 Å². The van der Waals surface area contributed by atoms with Gasteiger partial charge < -0.3 is 0 Å². The summed E-state index contributed by atoms with van der Waals surface area (Å²) in [5.41, 5.74) is 2.94. The molecule has 123 valence electrons. The Labute approximate surface area is 133 Å². The first kappa shape index (κ1) is 18.4. The van der Waals surface area contributed by atoms with Gasteiger partial charge in [0.15, 0.2) is 0 Å². The van der Waals surface area contributed by atoms with Crippen LogP contribution in [0.1, 0.15) is 65.2 Å². The monoisotopic (exact) mass is 337 g/mol. The fourth-order valence-electron chi connectivity index (χ4n) is 2.29. The maximum atomic E-state index is 11.7. The van der Waals surface area contributed by atoms with Gasteiger partial charge in [0.05, 0.1) is 0 Å². The summed E-state index contributed by atoms with van der Waals surface area (Å²) in [6, 6.07) is 4.17. The Balaban J connectivity index is 3.31. The van der Waals surface area contributed by atoms with Crippen LogP contribution in [0.2, 0.25) is 10.7 Å². The van der Waals surface area contributed by atoms with Gasteiger partial charge in [-0.05, 0) is 0 Å². The van der Waals surface area contributed by atoms with E-state index in [-0.39, 0.29) is 10.8 Å². The molecule has 1 aromatic rings. The zero-order chi connectivity index (χ0) is 16.4. The first-order valence-corrected chi connectivity index (χ1v) is 9.44. The van der Waals surface area contributed by atoms with Crippen LogP contribution >= 0.6 is 0 Å². The van der Waals surface area contributed by atoms with Crippen molar-refractivity contribution in [2.75, 3.05) is 0 Å². The summed E-state index contributed by atoms with van der Waals surface area (Å²) in [7, 11) is 0. The molecular weight excluding hydrogens is 307 g/mol. The third-order valence-corrected chi connectivity index (χ3v) is 5.27. The molecule has 0 bridgehead atoms. The van der Waals surface area contributed by atoms with Crippen LogP contribution in [0.15, 0.2) is 12.1 Å². The molecule has 0 amide bonds. The topological polar surface area (TPSA) is 37.3 Å². The maximum absolute atomic E-state index is 11.7. The predicted octanol–water partition coefficient (Wildman–Crippen LogP) is 5.35. The molecule has 3 heteroatoms. The number of phenols is 1. The van der Waals surface area contributed by atoms with Crippen molar-refractivity contribution in [3.8, 4) is 5.75 Å². The fraction of sp³-hybridized carbons (Fsp3) is 0.667. The summed E-state index contributed by atoms with van der Waals surface area (Å²) in [4.78, 5) is 0. The van der Waals surface area contributed by atoms with Crippen molar-refractivity contribution in [1.82, 2.24) is 0 Å². The van der Waals surface area contributed by atoms with Crippen molar-refractivity contribution in [2.45, 2.75) is 76.4 Å². The average molecular weight is 337 g/mol. The number of hydrogen-bond acceptors (Lipinski definition) is 2. The normalized spacial score (nSPS) is 13.4. The number of hydrogen-bond donors (Lipinski definition) is 1. The van der Waals surface area contributed by atoms with E-state index in [9.17, 15) is 8.97 Å². The van der Waals surface area contributed by atoms with Gasteiger partial charge in [-0.2, -0.15) is 0 Å². The third-order valence-electron chi connectivity index (χ3n) is 3.61. The second kappa shape index (κ2) is 6.61. The van der Waals surface area contributed by atoms with Crippen molar-refractivity contribution < 1.29 is 22.6 Å². The fourth-order valence-corrected chi connectivity index (χ4v) is 3.25. The molecule has 21 heavy (non-hydrogen) atoms. The van der Waals surface area contributed by atoms with Crippen LogP contribution in [-0.4, -0.2) is 5.11 Å². The van der Waals surface area contributed by atoms with Crippen LogP contribution in [-0.2, 0) is 34.7 Å². The number of rotatable bonds is 4. The Morgan fingerprint density at radius 2 is 1.43 bits per heavy atom. The van der Waals surface area contributed by atoms with Gasteiger partial charge >= 0.3 is 134 Å². The molecule has 1 aromatic carbocycles. The molecule has 1 N–H and O–H groups in total. The molecule has 0 aliphatic carbocycles. The number of phenolic OH excluding ortho intramolecular Hbond substituents is 1. The molecular formula is C18H30CoO2. The Bertz CT molecular complexity index is 484. The summed E-state index contributed by atoms with van der Waals surface area (Å²) in [5, 5.41) is 12.1. The molecule has 0 aliphatic rings. The summed E-state index contributed by atoms with van der Waals surface area (Å²) in [6.07, 6.45) is 0.814. The van der Waals surface area contributed by atoms with E-state index in [0.717, 1.165) is 28.3 Å². The van der Waals surface area contributed by atoms with Crippen LogP contribution in [0.5, 0.6) is 5.75 Å². The van der Waals surface area contributed by atoms with Crippen molar-refractivity contribution in [2.24, 2.45) is 0 Å². The zero-order valence-electron chi connectivity index (χ0n) is 14.5. The molecule has 0 atom stereocenters. The SMILES string of the molecule is C[CH2][Co](=[O])[CH2]Cc1cc(C(C)(C)C)c(O)c(C(C)(C)C)c1. The Morgan fingerprint density at radius 3 is 1.76 bits per heavy atom. The Hall–Kier alpha value is -0.674. The molecule has 0 unspecified atom stereocenters. The molecule has 0 saturated heterocycles. The van der Waals surface area contributed by atoms with E-state index in [1.54, 1.807) is 0 Å². The first-order valence-electron chi connectivity index (χ1n) is 7.55. The van der Waals surface area contributed by atoms with Crippen molar-refractivity contribution in [3.05, 3.63) is 28.8 Å². The quantitative estimate of drug-likeness (QED) is 0.804. The van der Waals surface area contributed by atoms with Crippen molar-refractivity contribution in [1.29, 1.82) is 0 Å². The van der Waals surface area contributed by atoms with Crippen molar-refractivity contribution >= 4 is 0 Å². The zero-order valence-corrected chi connectivity index (χ0v) is 15.5. The van der Waals surface area contributed by atoms with Gasteiger partial charge in [0.2, 0.25) is 0 Å². The van der Waals surface area contributed by atoms with Gasteiger partial charge in [0, 0.05) is 0 Å². The van der Waals surface area contributed by atoms with E-state index >= 15 is 0 Å². The van der Waals surface area contributed by atoms with E-state index < -0.39 is 13.6 Å².